The molecular weight excluding hydrogens is 383 g/mol. The molecule has 1 aromatic heterocycles. The maximum absolute atomic E-state index is 13.3. The standard InChI is InChI=1S/C25H19FO4/c1-14-4-6-17(7-5-14)23-24(30-25(28)18-8-10-19(26)11-9-18)22(27)21-16(3)12-15(2)13-20(21)29-23/h4-13H,1-3H3. The first-order valence-electron chi connectivity index (χ1n) is 9.46. The predicted octanol–water partition coefficient (Wildman–Crippen LogP) is 5.74. The predicted molar refractivity (Wildman–Crippen MR) is 113 cm³/mol. The summed E-state index contributed by atoms with van der Waals surface area (Å²) in [5, 5.41) is 0.360. The maximum Gasteiger partial charge on any atom is 0.343 e. The minimum atomic E-state index is -0.764. The summed E-state index contributed by atoms with van der Waals surface area (Å²) in [6.45, 7) is 5.67. The van der Waals surface area contributed by atoms with E-state index >= 15 is 0 Å². The van der Waals surface area contributed by atoms with E-state index in [4.69, 9.17) is 9.15 Å². The fourth-order valence-electron chi connectivity index (χ4n) is 3.40. The van der Waals surface area contributed by atoms with Crippen LogP contribution in [-0.4, -0.2) is 5.97 Å². The Morgan fingerprint density at radius 2 is 1.57 bits per heavy atom. The Balaban J connectivity index is 1.93. The molecule has 30 heavy (non-hydrogen) atoms. The van der Waals surface area contributed by atoms with Gasteiger partial charge in [0.15, 0.2) is 5.76 Å². The molecule has 0 saturated heterocycles. The number of fused-ring (bicyclic) bond motifs is 1. The first-order valence-corrected chi connectivity index (χ1v) is 9.46. The van der Waals surface area contributed by atoms with Crippen LogP contribution in [0, 0.1) is 26.6 Å². The second-order valence-corrected chi connectivity index (χ2v) is 7.31. The second kappa shape index (κ2) is 7.59. The Bertz CT molecular complexity index is 1320. The number of rotatable bonds is 3. The van der Waals surface area contributed by atoms with Crippen molar-refractivity contribution in [1.29, 1.82) is 0 Å². The third-order valence-corrected chi connectivity index (χ3v) is 4.88. The van der Waals surface area contributed by atoms with Crippen LogP contribution in [0.15, 0.2) is 69.9 Å². The summed E-state index contributed by atoms with van der Waals surface area (Å²) < 4.78 is 24.8. The molecule has 150 valence electrons. The lowest BCUT2D eigenvalue weighted by molar-refractivity contribution is 0.0731. The van der Waals surface area contributed by atoms with Gasteiger partial charge in [-0.3, -0.25) is 4.79 Å². The van der Waals surface area contributed by atoms with E-state index in [2.05, 4.69) is 0 Å². The molecule has 4 rings (SSSR count). The highest BCUT2D eigenvalue weighted by atomic mass is 19.1. The average Bonchev–Trinajstić information content (AvgIpc) is 2.70. The minimum Gasteiger partial charge on any atom is -0.452 e. The van der Waals surface area contributed by atoms with Crippen LogP contribution >= 0.6 is 0 Å². The zero-order valence-corrected chi connectivity index (χ0v) is 16.8. The van der Waals surface area contributed by atoms with Crippen molar-refractivity contribution in [3.8, 4) is 17.1 Å². The molecule has 1 heterocycles. The van der Waals surface area contributed by atoms with Crippen LogP contribution in [0.4, 0.5) is 4.39 Å². The number of esters is 1. The van der Waals surface area contributed by atoms with Crippen LogP contribution in [0.25, 0.3) is 22.3 Å². The van der Waals surface area contributed by atoms with E-state index in [1.807, 2.05) is 39.0 Å². The van der Waals surface area contributed by atoms with E-state index in [-0.39, 0.29) is 17.1 Å². The Morgan fingerprint density at radius 1 is 0.900 bits per heavy atom. The molecule has 0 bridgehead atoms. The van der Waals surface area contributed by atoms with Crippen LogP contribution in [0.3, 0.4) is 0 Å². The summed E-state index contributed by atoms with van der Waals surface area (Å²) in [7, 11) is 0. The Hall–Kier alpha value is -3.73. The number of hydrogen-bond acceptors (Lipinski definition) is 4. The van der Waals surface area contributed by atoms with E-state index < -0.39 is 17.2 Å². The largest absolute Gasteiger partial charge is 0.452 e. The molecule has 0 atom stereocenters. The van der Waals surface area contributed by atoms with Crippen LogP contribution < -0.4 is 10.2 Å². The van der Waals surface area contributed by atoms with E-state index in [0.717, 1.165) is 28.8 Å². The van der Waals surface area contributed by atoms with Crippen molar-refractivity contribution in [2.75, 3.05) is 0 Å². The highest BCUT2D eigenvalue weighted by molar-refractivity contribution is 5.93. The topological polar surface area (TPSA) is 56.5 Å². The van der Waals surface area contributed by atoms with Crippen molar-refractivity contribution in [2.45, 2.75) is 20.8 Å². The van der Waals surface area contributed by atoms with Gasteiger partial charge in [-0.2, -0.15) is 0 Å². The fraction of sp³-hybridized carbons (Fsp3) is 0.120. The molecule has 0 spiro atoms. The Labute approximate surface area is 172 Å². The van der Waals surface area contributed by atoms with Crippen LogP contribution in [0.2, 0.25) is 0 Å². The lowest BCUT2D eigenvalue weighted by Crippen LogP contribution is -2.17. The Morgan fingerprint density at radius 3 is 2.23 bits per heavy atom. The quantitative estimate of drug-likeness (QED) is 0.410. The Kier molecular flexibility index (Phi) is 4.96. The molecule has 0 fully saturated rings. The summed E-state index contributed by atoms with van der Waals surface area (Å²) in [6.07, 6.45) is 0. The molecule has 0 radical (unpaired) electrons. The zero-order chi connectivity index (χ0) is 21.4. The van der Waals surface area contributed by atoms with Gasteiger partial charge in [0, 0.05) is 5.56 Å². The van der Waals surface area contributed by atoms with Gasteiger partial charge in [-0.15, -0.1) is 0 Å². The van der Waals surface area contributed by atoms with Gasteiger partial charge in [0.05, 0.1) is 10.9 Å². The van der Waals surface area contributed by atoms with Crippen molar-refractivity contribution in [3.05, 3.63) is 99.0 Å². The van der Waals surface area contributed by atoms with Crippen molar-refractivity contribution >= 4 is 16.9 Å². The van der Waals surface area contributed by atoms with Crippen molar-refractivity contribution in [2.24, 2.45) is 0 Å². The molecular formula is C25H19FO4. The number of halogens is 1. The SMILES string of the molecule is Cc1ccc(-c2oc3cc(C)cc(C)c3c(=O)c2OC(=O)c2ccc(F)cc2)cc1. The summed E-state index contributed by atoms with van der Waals surface area (Å²) in [5.41, 5.74) is 3.46. The number of carbonyl (C=O) groups is 1. The highest BCUT2D eigenvalue weighted by Gasteiger charge is 2.22. The van der Waals surface area contributed by atoms with Crippen LogP contribution in [-0.2, 0) is 0 Å². The second-order valence-electron chi connectivity index (χ2n) is 7.31. The smallest absolute Gasteiger partial charge is 0.343 e. The normalized spacial score (nSPS) is 10.9. The lowest BCUT2D eigenvalue weighted by Gasteiger charge is -2.12. The van der Waals surface area contributed by atoms with Gasteiger partial charge < -0.3 is 9.15 Å². The fourth-order valence-corrected chi connectivity index (χ4v) is 3.40. The van der Waals surface area contributed by atoms with E-state index in [1.165, 1.54) is 12.1 Å². The maximum atomic E-state index is 13.3. The minimum absolute atomic E-state index is 0.131. The molecule has 0 saturated carbocycles. The number of carbonyl (C=O) groups excluding carboxylic acids is 1. The van der Waals surface area contributed by atoms with Gasteiger partial charge in [-0.05, 0) is 62.2 Å². The molecule has 0 aliphatic rings. The number of ether oxygens (including phenoxy) is 1. The van der Waals surface area contributed by atoms with Crippen molar-refractivity contribution < 1.29 is 18.3 Å². The molecule has 4 nitrogen and oxygen atoms in total. The first kappa shape index (κ1) is 19.6. The van der Waals surface area contributed by atoms with Gasteiger partial charge >= 0.3 is 5.97 Å². The first-order chi connectivity index (χ1) is 14.3. The molecule has 0 amide bonds. The summed E-state index contributed by atoms with van der Waals surface area (Å²) >= 11 is 0. The number of aryl methyl sites for hydroxylation is 3. The molecule has 3 aromatic carbocycles. The monoisotopic (exact) mass is 402 g/mol. The third-order valence-electron chi connectivity index (χ3n) is 4.88. The van der Waals surface area contributed by atoms with Gasteiger partial charge in [0.25, 0.3) is 0 Å². The third kappa shape index (κ3) is 3.62. The van der Waals surface area contributed by atoms with Gasteiger partial charge in [-0.1, -0.05) is 35.9 Å². The van der Waals surface area contributed by atoms with E-state index in [9.17, 15) is 14.0 Å². The van der Waals surface area contributed by atoms with Gasteiger partial charge in [0.1, 0.15) is 11.4 Å². The van der Waals surface area contributed by atoms with Crippen LogP contribution in [0.5, 0.6) is 5.75 Å². The molecule has 5 heteroatoms. The molecule has 0 unspecified atom stereocenters. The van der Waals surface area contributed by atoms with E-state index in [1.54, 1.807) is 18.2 Å². The molecule has 0 aliphatic heterocycles. The zero-order valence-electron chi connectivity index (χ0n) is 16.8. The summed E-state index contributed by atoms with van der Waals surface area (Å²) in [6, 6.07) is 16.0. The van der Waals surface area contributed by atoms with E-state index in [0.29, 0.717) is 16.5 Å². The molecule has 0 aliphatic carbocycles. The summed E-state index contributed by atoms with van der Waals surface area (Å²) in [5.74, 6) is -1.25. The van der Waals surface area contributed by atoms with Gasteiger partial charge in [0.2, 0.25) is 11.2 Å². The average molecular weight is 402 g/mol. The highest BCUT2D eigenvalue weighted by Crippen LogP contribution is 2.33. The summed E-state index contributed by atoms with van der Waals surface area (Å²) in [4.78, 5) is 26.0. The molecule has 4 aromatic rings. The number of hydrogen-bond donors (Lipinski definition) is 0. The lowest BCUT2D eigenvalue weighted by atomic mass is 10.0. The van der Waals surface area contributed by atoms with Gasteiger partial charge in [-0.25, -0.2) is 9.18 Å². The number of benzene rings is 3. The van der Waals surface area contributed by atoms with Crippen LogP contribution in [0.1, 0.15) is 27.0 Å². The van der Waals surface area contributed by atoms with Crippen molar-refractivity contribution in [1.82, 2.24) is 0 Å². The molecule has 0 N–H and O–H groups in total. The van der Waals surface area contributed by atoms with Crippen molar-refractivity contribution in [3.63, 3.8) is 0 Å².